The van der Waals surface area contributed by atoms with Gasteiger partial charge in [-0.3, -0.25) is 14.1 Å². The van der Waals surface area contributed by atoms with E-state index >= 15 is 0 Å². The predicted molar refractivity (Wildman–Crippen MR) is 72.5 cm³/mol. The maximum Gasteiger partial charge on any atom is 0.264 e. The molecule has 0 radical (unpaired) electrons. The number of benzene rings is 1. The van der Waals surface area contributed by atoms with Crippen molar-refractivity contribution in [1.82, 2.24) is 10.2 Å². The Kier molecular flexibility index (Phi) is 3.73. The van der Waals surface area contributed by atoms with Crippen LogP contribution in [-0.2, 0) is 16.6 Å². The molecule has 0 saturated carbocycles. The lowest BCUT2D eigenvalue weighted by Crippen LogP contribution is -2.00. The van der Waals surface area contributed by atoms with Crippen LogP contribution in [0, 0.1) is 13.8 Å². The monoisotopic (exact) mass is 284 g/mol. The standard InChI is InChI=1S/C12H13ClN2O2S/c1-7-4-11(8(2)3-10(7)13)18(17)6-9-5-12(16)15-14-9/h3-5H,6H2,1-2H3,(H2,14,15,16). The van der Waals surface area contributed by atoms with E-state index in [9.17, 15) is 9.00 Å². The minimum Gasteiger partial charge on any atom is -0.301 e. The van der Waals surface area contributed by atoms with E-state index in [1.165, 1.54) is 6.07 Å². The van der Waals surface area contributed by atoms with E-state index < -0.39 is 10.8 Å². The van der Waals surface area contributed by atoms with Crippen molar-refractivity contribution < 1.29 is 4.21 Å². The zero-order valence-electron chi connectivity index (χ0n) is 10.0. The third kappa shape index (κ3) is 2.73. The number of aromatic nitrogens is 2. The van der Waals surface area contributed by atoms with Gasteiger partial charge in [0.25, 0.3) is 5.56 Å². The van der Waals surface area contributed by atoms with Gasteiger partial charge in [0.2, 0.25) is 0 Å². The fraction of sp³-hybridized carbons (Fsp3) is 0.250. The second-order valence-corrected chi connectivity index (χ2v) is 5.97. The molecule has 1 unspecified atom stereocenters. The number of H-pyrrole nitrogens is 2. The molecular formula is C12H13ClN2O2S. The maximum atomic E-state index is 12.2. The molecule has 18 heavy (non-hydrogen) atoms. The third-order valence-electron chi connectivity index (χ3n) is 2.64. The number of rotatable bonds is 3. The summed E-state index contributed by atoms with van der Waals surface area (Å²) in [5, 5.41) is 5.79. The average molecular weight is 285 g/mol. The lowest BCUT2D eigenvalue weighted by Gasteiger charge is -2.08. The van der Waals surface area contributed by atoms with Crippen LogP contribution in [0.5, 0.6) is 0 Å². The van der Waals surface area contributed by atoms with Crippen LogP contribution in [0.1, 0.15) is 16.8 Å². The second-order valence-electron chi connectivity index (χ2n) is 4.14. The summed E-state index contributed by atoms with van der Waals surface area (Å²) in [5.41, 5.74) is 2.20. The van der Waals surface area contributed by atoms with E-state index in [4.69, 9.17) is 11.6 Å². The Morgan fingerprint density at radius 1 is 1.17 bits per heavy atom. The molecule has 2 N–H and O–H groups in total. The van der Waals surface area contributed by atoms with Crippen molar-refractivity contribution in [2.45, 2.75) is 24.5 Å². The van der Waals surface area contributed by atoms with Gasteiger partial charge >= 0.3 is 0 Å². The van der Waals surface area contributed by atoms with E-state index in [0.717, 1.165) is 16.0 Å². The first kappa shape index (κ1) is 13.1. The van der Waals surface area contributed by atoms with Crippen LogP contribution in [0.15, 0.2) is 27.9 Å². The molecule has 0 saturated heterocycles. The molecule has 0 amide bonds. The highest BCUT2D eigenvalue weighted by Crippen LogP contribution is 2.23. The summed E-state index contributed by atoms with van der Waals surface area (Å²) in [6.07, 6.45) is 0. The van der Waals surface area contributed by atoms with Crippen LogP contribution < -0.4 is 5.56 Å². The van der Waals surface area contributed by atoms with Crippen LogP contribution >= 0.6 is 11.6 Å². The van der Waals surface area contributed by atoms with Crippen molar-refractivity contribution in [3.8, 4) is 0 Å². The summed E-state index contributed by atoms with van der Waals surface area (Å²) in [7, 11) is -1.20. The van der Waals surface area contributed by atoms with E-state index in [0.29, 0.717) is 10.7 Å². The highest BCUT2D eigenvalue weighted by Gasteiger charge is 2.11. The topological polar surface area (TPSA) is 65.7 Å². The third-order valence-corrected chi connectivity index (χ3v) is 4.55. The van der Waals surface area contributed by atoms with Gasteiger partial charge in [-0.2, -0.15) is 0 Å². The fourth-order valence-corrected chi connectivity index (χ4v) is 3.21. The van der Waals surface area contributed by atoms with Gasteiger partial charge in [-0.25, -0.2) is 0 Å². The zero-order valence-corrected chi connectivity index (χ0v) is 11.6. The summed E-state index contributed by atoms with van der Waals surface area (Å²) in [6.45, 7) is 3.75. The van der Waals surface area contributed by atoms with Crippen molar-refractivity contribution >= 4 is 22.4 Å². The first-order chi connectivity index (χ1) is 8.47. The van der Waals surface area contributed by atoms with Crippen molar-refractivity contribution in [3.63, 3.8) is 0 Å². The van der Waals surface area contributed by atoms with Crippen molar-refractivity contribution in [2.24, 2.45) is 0 Å². The molecule has 4 nitrogen and oxygen atoms in total. The molecule has 2 rings (SSSR count). The highest BCUT2D eigenvalue weighted by molar-refractivity contribution is 7.84. The van der Waals surface area contributed by atoms with Crippen molar-refractivity contribution in [2.75, 3.05) is 0 Å². The SMILES string of the molecule is Cc1cc(S(=O)Cc2cc(=O)[nH][nH]2)c(C)cc1Cl. The molecule has 0 bridgehead atoms. The molecular weight excluding hydrogens is 272 g/mol. The molecule has 0 aliphatic heterocycles. The lowest BCUT2D eigenvalue weighted by molar-refractivity contribution is 0.681. The van der Waals surface area contributed by atoms with E-state index in [1.54, 1.807) is 0 Å². The van der Waals surface area contributed by atoms with E-state index in [-0.39, 0.29) is 11.3 Å². The Morgan fingerprint density at radius 3 is 2.50 bits per heavy atom. The second kappa shape index (κ2) is 5.12. The van der Waals surface area contributed by atoms with Crippen LogP contribution in [0.3, 0.4) is 0 Å². The van der Waals surface area contributed by atoms with Crippen LogP contribution in [0.4, 0.5) is 0 Å². The Balaban J connectivity index is 2.29. The van der Waals surface area contributed by atoms with Crippen LogP contribution in [0.2, 0.25) is 5.02 Å². The molecule has 1 heterocycles. The minimum absolute atomic E-state index is 0.217. The molecule has 6 heteroatoms. The van der Waals surface area contributed by atoms with Gasteiger partial charge in [-0.05, 0) is 37.1 Å². The summed E-state index contributed by atoms with van der Waals surface area (Å²) in [6, 6.07) is 5.05. The smallest absolute Gasteiger partial charge is 0.264 e. The fourth-order valence-electron chi connectivity index (χ4n) is 1.67. The molecule has 1 aromatic carbocycles. The maximum absolute atomic E-state index is 12.2. The van der Waals surface area contributed by atoms with Gasteiger partial charge in [0, 0.05) is 21.7 Å². The Bertz CT molecular complexity index is 660. The zero-order chi connectivity index (χ0) is 13.3. The first-order valence-corrected chi connectivity index (χ1v) is 7.09. The number of hydrogen-bond donors (Lipinski definition) is 2. The molecule has 0 spiro atoms. The summed E-state index contributed by atoms with van der Waals surface area (Å²) >= 11 is 6.00. The number of aromatic amines is 2. The van der Waals surface area contributed by atoms with Gasteiger partial charge in [0.1, 0.15) is 0 Å². The predicted octanol–water partition coefficient (Wildman–Crippen LogP) is 2.28. The number of nitrogens with one attached hydrogen (secondary N) is 2. The average Bonchev–Trinajstić information content (AvgIpc) is 2.69. The lowest BCUT2D eigenvalue weighted by atomic mass is 10.2. The quantitative estimate of drug-likeness (QED) is 0.908. The van der Waals surface area contributed by atoms with Gasteiger partial charge in [-0.1, -0.05) is 11.6 Å². The normalized spacial score (nSPS) is 12.6. The Hall–Kier alpha value is -1.33. The van der Waals surface area contributed by atoms with Crippen LogP contribution in [-0.4, -0.2) is 14.4 Å². The molecule has 1 aromatic heterocycles. The van der Waals surface area contributed by atoms with Gasteiger partial charge < -0.3 is 5.10 Å². The van der Waals surface area contributed by atoms with E-state index in [2.05, 4.69) is 10.2 Å². The molecule has 0 aliphatic carbocycles. The van der Waals surface area contributed by atoms with Gasteiger partial charge in [-0.15, -0.1) is 0 Å². The summed E-state index contributed by atoms with van der Waals surface area (Å²) < 4.78 is 12.2. The molecule has 0 aliphatic rings. The van der Waals surface area contributed by atoms with Crippen molar-refractivity contribution in [3.05, 3.63) is 50.4 Å². The largest absolute Gasteiger partial charge is 0.301 e. The summed E-state index contributed by atoms with van der Waals surface area (Å²) in [4.78, 5) is 11.7. The summed E-state index contributed by atoms with van der Waals surface area (Å²) in [5.74, 6) is 0.278. The van der Waals surface area contributed by atoms with Gasteiger partial charge in [0.05, 0.1) is 16.6 Å². The minimum atomic E-state index is -1.20. The number of hydrogen-bond acceptors (Lipinski definition) is 2. The number of aryl methyl sites for hydroxylation is 2. The Morgan fingerprint density at radius 2 is 1.89 bits per heavy atom. The molecule has 1 atom stereocenters. The van der Waals surface area contributed by atoms with Crippen LogP contribution in [0.25, 0.3) is 0 Å². The molecule has 96 valence electrons. The van der Waals surface area contributed by atoms with E-state index in [1.807, 2.05) is 26.0 Å². The Labute approximate surface area is 112 Å². The number of halogens is 1. The highest BCUT2D eigenvalue weighted by atomic mass is 35.5. The first-order valence-electron chi connectivity index (χ1n) is 5.39. The van der Waals surface area contributed by atoms with Gasteiger partial charge in [0.15, 0.2) is 0 Å². The van der Waals surface area contributed by atoms with Crippen molar-refractivity contribution in [1.29, 1.82) is 0 Å². The molecule has 2 aromatic rings. The molecule has 0 fully saturated rings.